The topological polar surface area (TPSA) is 83.5 Å². The Morgan fingerprint density at radius 1 is 1.30 bits per heavy atom. The first-order valence-corrected chi connectivity index (χ1v) is 9.00. The Bertz CT molecular complexity index is 1030. The second kappa shape index (κ2) is 7.29. The Kier molecular flexibility index (Phi) is 5.22. The van der Waals surface area contributed by atoms with E-state index in [1.54, 1.807) is 35.8 Å². The molecule has 6 nitrogen and oxygen atoms in total. The van der Waals surface area contributed by atoms with Gasteiger partial charge in [-0.05, 0) is 31.5 Å². The number of carbonyl (C=O) groups excluding carboxylic acids is 1. The lowest BCUT2D eigenvalue weighted by Crippen LogP contribution is -2.34. The van der Waals surface area contributed by atoms with Crippen molar-refractivity contribution in [3.05, 3.63) is 72.9 Å². The number of benzene rings is 1. The van der Waals surface area contributed by atoms with Gasteiger partial charge in [-0.15, -0.1) is 0 Å². The number of aromatic nitrogens is 1. The van der Waals surface area contributed by atoms with Crippen molar-refractivity contribution in [3.63, 3.8) is 0 Å². The van der Waals surface area contributed by atoms with Crippen LogP contribution < -0.4 is 16.0 Å². The average Bonchev–Trinajstić information content (AvgIpc) is 2.62. The van der Waals surface area contributed by atoms with Crippen LogP contribution in [0.3, 0.4) is 0 Å². The first-order valence-electron chi connectivity index (χ1n) is 8.25. The molecule has 0 radical (unpaired) electrons. The van der Waals surface area contributed by atoms with Crippen LogP contribution in [0.1, 0.15) is 29.7 Å². The predicted octanol–water partition coefficient (Wildman–Crippen LogP) is 3.35. The lowest BCUT2D eigenvalue weighted by Gasteiger charge is -2.29. The van der Waals surface area contributed by atoms with E-state index in [4.69, 9.17) is 38.4 Å². The molecular formula is C19H18Cl2N2O4. The highest BCUT2D eigenvalue weighted by molar-refractivity contribution is 6.42. The monoisotopic (exact) mass is 408 g/mol. The smallest absolute Gasteiger partial charge is 0.340 e. The number of fused-ring (bicyclic) bond motifs is 1. The summed E-state index contributed by atoms with van der Waals surface area (Å²) < 4.78 is 12.1. The van der Waals surface area contributed by atoms with Crippen molar-refractivity contribution in [2.45, 2.75) is 26.3 Å². The zero-order valence-electron chi connectivity index (χ0n) is 15.0. The summed E-state index contributed by atoms with van der Waals surface area (Å²) in [6.07, 6.45) is 0. The lowest BCUT2D eigenvalue weighted by molar-refractivity contribution is -0.136. The number of pyridine rings is 1. The van der Waals surface area contributed by atoms with Gasteiger partial charge in [0.25, 0.3) is 5.56 Å². The maximum atomic E-state index is 13.2. The van der Waals surface area contributed by atoms with Crippen LogP contribution in [0.15, 0.2) is 40.5 Å². The number of halogens is 2. The molecule has 8 heteroatoms. The molecule has 0 fully saturated rings. The van der Waals surface area contributed by atoms with Gasteiger partial charge in [0.05, 0.1) is 28.6 Å². The molecule has 0 unspecified atom stereocenters. The second-order valence-corrected chi connectivity index (χ2v) is 6.91. The number of esters is 1. The van der Waals surface area contributed by atoms with E-state index in [9.17, 15) is 9.59 Å². The fourth-order valence-electron chi connectivity index (χ4n) is 3.31. The first-order chi connectivity index (χ1) is 12.8. The van der Waals surface area contributed by atoms with Crippen molar-refractivity contribution < 1.29 is 14.3 Å². The Labute approximate surface area is 166 Å². The van der Waals surface area contributed by atoms with E-state index in [2.05, 4.69) is 0 Å². The quantitative estimate of drug-likeness (QED) is 0.787. The van der Waals surface area contributed by atoms with Crippen LogP contribution in [0.4, 0.5) is 0 Å². The fourth-order valence-corrected chi connectivity index (χ4v) is 3.62. The van der Waals surface area contributed by atoms with Crippen molar-refractivity contribution >= 4 is 29.2 Å². The third-order valence-electron chi connectivity index (χ3n) is 4.57. The maximum absolute atomic E-state index is 13.2. The number of ether oxygens (including phenoxy) is 2. The zero-order chi connectivity index (χ0) is 19.9. The third-order valence-corrected chi connectivity index (χ3v) is 5.31. The number of rotatable bonds is 3. The van der Waals surface area contributed by atoms with Gasteiger partial charge in [0.15, 0.2) is 0 Å². The summed E-state index contributed by atoms with van der Waals surface area (Å²) in [5.74, 6) is -1.28. The summed E-state index contributed by atoms with van der Waals surface area (Å²) in [5, 5.41) is 0.659. The number of hydrogen-bond acceptors (Lipinski definition) is 5. The van der Waals surface area contributed by atoms with Crippen LogP contribution in [-0.2, 0) is 16.1 Å². The molecule has 2 N–H and O–H groups in total. The Hall–Kier alpha value is -2.44. The van der Waals surface area contributed by atoms with Crippen molar-refractivity contribution in [3.8, 4) is 5.75 Å². The summed E-state index contributed by atoms with van der Waals surface area (Å²) >= 11 is 12.2. The highest BCUT2D eigenvalue weighted by Crippen LogP contribution is 2.42. The van der Waals surface area contributed by atoms with Crippen molar-refractivity contribution in [2.24, 2.45) is 5.73 Å². The van der Waals surface area contributed by atoms with Crippen LogP contribution in [-0.4, -0.2) is 17.6 Å². The molecule has 0 amide bonds. The molecule has 1 atom stereocenters. The largest absolute Gasteiger partial charge is 0.465 e. The molecular weight excluding hydrogens is 391 g/mol. The minimum atomic E-state index is -0.790. The molecule has 0 bridgehead atoms. The molecule has 1 aliphatic rings. The maximum Gasteiger partial charge on any atom is 0.340 e. The Morgan fingerprint density at radius 2 is 2.00 bits per heavy atom. The average molecular weight is 409 g/mol. The first kappa shape index (κ1) is 19.3. The SMILES string of the molecule is CCn1c(C)cc2c(c1=O)[C@H](c1ccc(Cl)c(Cl)c1)C(C(=O)OC)=C(N)O2. The summed E-state index contributed by atoms with van der Waals surface area (Å²) in [5.41, 5.74) is 7.42. The normalized spacial score (nSPS) is 16.0. The van der Waals surface area contributed by atoms with Crippen molar-refractivity contribution in [1.82, 2.24) is 4.57 Å². The molecule has 1 aromatic heterocycles. The highest BCUT2D eigenvalue weighted by atomic mass is 35.5. The van der Waals surface area contributed by atoms with Gasteiger partial charge in [-0.3, -0.25) is 4.79 Å². The van der Waals surface area contributed by atoms with E-state index in [0.29, 0.717) is 33.5 Å². The van der Waals surface area contributed by atoms with Gasteiger partial charge < -0.3 is 19.8 Å². The minimum Gasteiger partial charge on any atom is -0.465 e. The van der Waals surface area contributed by atoms with Gasteiger partial charge >= 0.3 is 5.97 Å². The van der Waals surface area contributed by atoms with Gasteiger partial charge in [0, 0.05) is 18.3 Å². The van der Waals surface area contributed by atoms with Crippen molar-refractivity contribution in [2.75, 3.05) is 7.11 Å². The molecule has 0 saturated carbocycles. The molecule has 0 saturated heterocycles. The van der Waals surface area contributed by atoms with Crippen LogP contribution in [0.25, 0.3) is 0 Å². The third kappa shape index (κ3) is 3.19. The van der Waals surface area contributed by atoms with E-state index in [1.165, 1.54) is 7.11 Å². The number of nitrogens with two attached hydrogens (primary N) is 1. The molecule has 0 spiro atoms. The van der Waals surface area contributed by atoms with Gasteiger partial charge in [-0.2, -0.15) is 0 Å². The van der Waals surface area contributed by atoms with Crippen LogP contribution in [0, 0.1) is 6.92 Å². The number of aryl methyl sites for hydroxylation is 1. The summed E-state index contributed by atoms with van der Waals surface area (Å²) in [6.45, 7) is 4.14. The summed E-state index contributed by atoms with van der Waals surface area (Å²) in [7, 11) is 1.24. The van der Waals surface area contributed by atoms with Crippen LogP contribution >= 0.6 is 23.2 Å². The van der Waals surface area contributed by atoms with Gasteiger partial charge in [-0.25, -0.2) is 4.79 Å². The number of hydrogen-bond donors (Lipinski definition) is 1. The lowest BCUT2D eigenvalue weighted by atomic mass is 9.83. The van der Waals surface area contributed by atoms with Crippen LogP contribution in [0.5, 0.6) is 5.75 Å². The fraction of sp³-hybridized carbons (Fsp3) is 0.263. The van der Waals surface area contributed by atoms with Gasteiger partial charge in [-0.1, -0.05) is 29.3 Å². The van der Waals surface area contributed by atoms with Crippen LogP contribution in [0.2, 0.25) is 10.0 Å². The van der Waals surface area contributed by atoms with E-state index >= 15 is 0 Å². The second-order valence-electron chi connectivity index (χ2n) is 6.09. The Morgan fingerprint density at radius 3 is 2.59 bits per heavy atom. The van der Waals surface area contributed by atoms with E-state index in [-0.39, 0.29) is 17.0 Å². The minimum absolute atomic E-state index is 0.0481. The molecule has 3 rings (SSSR count). The predicted molar refractivity (Wildman–Crippen MR) is 103 cm³/mol. The Balaban J connectivity index is 2.37. The summed E-state index contributed by atoms with van der Waals surface area (Å²) in [6, 6.07) is 6.63. The highest BCUT2D eigenvalue weighted by Gasteiger charge is 2.38. The standard InChI is InChI=1S/C19H18Cl2N2O4/c1-4-23-9(2)7-13-15(18(23)24)14(10-5-6-11(20)12(21)8-10)16(17(22)27-13)19(25)26-3/h5-8,14H,4,22H2,1-3H3/t14-/m0/s1. The van der Waals surface area contributed by atoms with E-state index < -0.39 is 11.9 Å². The molecule has 2 aromatic rings. The molecule has 2 heterocycles. The van der Waals surface area contributed by atoms with Crippen molar-refractivity contribution in [1.29, 1.82) is 0 Å². The zero-order valence-corrected chi connectivity index (χ0v) is 16.5. The molecule has 1 aromatic carbocycles. The number of methoxy groups -OCH3 is 1. The van der Waals surface area contributed by atoms with Gasteiger partial charge in [0.1, 0.15) is 11.3 Å². The number of nitrogens with zero attached hydrogens (tertiary/aromatic N) is 1. The molecule has 1 aliphatic heterocycles. The van der Waals surface area contributed by atoms with E-state index in [1.807, 2.05) is 6.92 Å². The molecule has 27 heavy (non-hydrogen) atoms. The molecule has 142 valence electrons. The summed E-state index contributed by atoms with van der Waals surface area (Å²) in [4.78, 5) is 25.6. The molecule has 0 aliphatic carbocycles. The number of carbonyl (C=O) groups is 1. The van der Waals surface area contributed by atoms with Gasteiger partial charge in [0.2, 0.25) is 5.88 Å². The van der Waals surface area contributed by atoms with E-state index in [0.717, 1.165) is 5.69 Å².